The van der Waals surface area contributed by atoms with Gasteiger partial charge in [0.2, 0.25) is 11.8 Å². The van der Waals surface area contributed by atoms with Gasteiger partial charge < -0.3 is 25.8 Å². The normalized spacial score (nSPS) is 14.5. The Morgan fingerprint density at radius 2 is 1.68 bits per heavy atom. The van der Waals surface area contributed by atoms with Crippen molar-refractivity contribution in [2.24, 2.45) is 0 Å². The molecule has 0 radical (unpaired) electrons. The minimum Gasteiger partial charge on any atom is -0.481 e. The molecule has 0 aliphatic carbocycles. The van der Waals surface area contributed by atoms with E-state index in [1.807, 2.05) is 60.7 Å². The van der Waals surface area contributed by atoms with E-state index in [0.717, 1.165) is 39.8 Å². The zero-order valence-corrected chi connectivity index (χ0v) is 27.2. The molecule has 0 spiro atoms. The van der Waals surface area contributed by atoms with Gasteiger partial charge >= 0.3 is 0 Å². The number of ether oxygens (including phenoxy) is 1. The van der Waals surface area contributed by atoms with Crippen LogP contribution in [0.25, 0.3) is 39.2 Å². The molecule has 242 valence electrons. The van der Waals surface area contributed by atoms with E-state index in [0.29, 0.717) is 65.4 Å². The summed E-state index contributed by atoms with van der Waals surface area (Å²) in [4.78, 5) is 33.7. The Labute approximate surface area is 281 Å². The summed E-state index contributed by atoms with van der Waals surface area (Å²) >= 11 is 14.1. The number of rotatable bonds is 12. The van der Waals surface area contributed by atoms with Crippen LogP contribution in [0.4, 0.5) is 0 Å². The third kappa shape index (κ3) is 7.02. The SMILES string of the molecule is COc1nc(-c2cccc(-c3cccc(-c4ccn5c(=O)c(CNCCO)cnc5c4)c3Cl)c2Cl)ccc1CNC[C@@H]1CCC(=O)N1. The number of methoxy groups -OCH3 is 1. The molecule has 6 rings (SSSR count). The fourth-order valence-electron chi connectivity index (χ4n) is 5.75. The number of amides is 1. The molecule has 2 aromatic carbocycles. The number of pyridine rings is 2. The zero-order valence-electron chi connectivity index (χ0n) is 25.7. The molecule has 4 heterocycles. The van der Waals surface area contributed by atoms with E-state index in [2.05, 4.69) is 20.9 Å². The van der Waals surface area contributed by atoms with Gasteiger partial charge in [0.05, 0.1) is 29.5 Å². The highest BCUT2D eigenvalue weighted by molar-refractivity contribution is 6.39. The summed E-state index contributed by atoms with van der Waals surface area (Å²) in [6.07, 6.45) is 4.64. The quantitative estimate of drug-likeness (QED) is 0.138. The average Bonchev–Trinajstić information content (AvgIpc) is 3.51. The monoisotopic (exact) mass is 672 g/mol. The van der Waals surface area contributed by atoms with Crippen molar-refractivity contribution in [2.45, 2.75) is 32.0 Å². The van der Waals surface area contributed by atoms with Crippen molar-refractivity contribution in [3.05, 3.63) is 105 Å². The molecule has 1 fully saturated rings. The van der Waals surface area contributed by atoms with Crippen LogP contribution in [0, 0.1) is 0 Å². The van der Waals surface area contributed by atoms with E-state index in [9.17, 15) is 9.59 Å². The molecule has 3 aromatic heterocycles. The van der Waals surface area contributed by atoms with Gasteiger partial charge in [-0.05, 0) is 30.2 Å². The van der Waals surface area contributed by atoms with Crippen LogP contribution in [-0.4, -0.2) is 58.2 Å². The lowest BCUT2D eigenvalue weighted by Crippen LogP contribution is -2.35. The molecular formula is C35H34Cl2N6O4. The molecule has 1 atom stereocenters. The van der Waals surface area contributed by atoms with Crippen molar-refractivity contribution in [3.8, 4) is 39.4 Å². The summed E-state index contributed by atoms with van der Waals surface area (Å²) in [5.41, 5.74) is 6.17. The number of fused-ring (bicyclic) bond motifs is 1. The van der Waals surface area contributed by atoms with Gasteiger partial charge in [0.25, 0.3) is 5.56 Å². The Hall–Kier alpha value is -4.32. The van der Waals surface area contributed by atoms with Crippen molar-refractivity contribution in [2.75, 3.05) is 26.8 Å². The number of hydrogen-bond acceptors (Lipinski definition) is 8. The van der Waals surface area contributed by atoms with Crippen LogP contribution in [0.2, 0.25) is 10.0 Å². The molecule has 0 unspecified atom stereocenters. The smallest absolute Gasteiger partial charge is 0.262 e. The van der Waals surface area contributed by atoms with E-state index in [4.69, 9.17) is 38.0 Å². The standard InChI is InChI=1S/C35H34Cl2N6O4/c1-47-34-22(17-39-20-24-9-11-31(45)41-24)8-10-29(42-34)28-7-3-6-27(33(28)37)26-5-2-4-25(32(26)36)21-12-14-43-30(16-21)40-19-23(35(43)46)18-38-13-15-44/h2-8,10,12,14,16,19,24,38-39,44H,9,11,13,15,17-18,20H2,1H3,(H,41,45)/t24-/m0/s1. The lowest BCUT2D eigenvalue weighted by Gasteiger charge is -2.16. The maximum Gasteiger partial charge on any atom is 0.262 e. The number of carbonyl (C=O) groups excluding carboxylic acids is 1. The van der Waals surface area contributed by atoms with Gasteiger partial charge in [0.15, 0.2) is 0 Å². The van der Waals surface area contributed by atoms with Crippen molar-refractivity contribution in [1.82, 2.24) is 30.3 Å². The predicted octanol–water partition coefficient (Wildman–Crippen LogP) is 4.86. The molecule has 1 aliphatic rings. The topological polar surface area (TPSA) is 130 Å². The highest BCUT2D eigenvalue weighted by atomic mass is 35.5. The summed E-state index contributed by atoms with van der Waals surface area (Å²) in [5.74, 6) is 0.583. The average molecular weight is 674 g/mol. The molecular weight excluding hydrogens is 639 g/mol. The number of hydrogen-bond donors (Lipinski definition) is 4. The molecule has 10 nitrogen and oxygen atoms in total. The van der Waals surface area contributed by atoms with Crippen LogP contribution in [0.1, 0.15) is 24.0 Å². The molecule has 47 heavy (non-hydrogen) atoms. The summed E-state index contributed by atoms with van der Waals surface area (Å²) in [6.45, 7) is 1.91. The molecule has 1 aliphatic heterocycles. The number of nitrogens with one attached hydrogen (secondary N) is 3. The molecule has 1 saturated heterocycles. The number of carbonyl (C=O) groups is 1. The minimum absolute atomic E-state index is 0.0114. The van der Waals surface area contributed by atoms with E-state index < -0.39 is 0 Å². The van der Waals surface area contributed by atoms with Crippen LogP contribution in [0.15, 0.2) is 77.9 Å². The molecule has 0 saturated carbocycles. The van der Waals surface area contributed by atoms with E-state index >= 15 is 0 Å². The Morgan fingerprint density at radius 1 is 0.957 bits per heavy atom. The van der Waals surface area contributed by atoms with Gasteiger partial charge in [0, 0.05) is 84.4 Å². The second-order valence-corrected chi connectivity index (χ2v) is 12.0. The fourth-order valence-corrected chi connectivity index (χ4v) is 6.41. The highest BCUT2D eigenvalue weighted by Gasteiger charge is 2.21. The van der Waals surface area contributed by atoms with Crippen LogP contribution in [0.5, 0.6) is 5.88 Å². The summed E-state index contributed by atoms with van der Waals surface area (Å²) in [6, 6.07) is 19.2. The van der Waals surface area contributed by atoms with Gasteiger partial charge in [0.1, 0.15) is 5.65 Å². The lowest BCUT2D eigenvalue weighted by molar-refractivity contribution is -0.119. The third-order valence-electron chi connectivity index (χ3n) is 8.18. The van der Waals surface area contributed by atoms with Crippen LogP contribution >= 0.6 is 23.2 Å². The largest absolute Gasteiger partial charge is 0.481 e. The summed E-state index contributed by atoms with van der Waals surface area (Å²) < 4.78 is 7.12. The van der Waals surface area contributed by atoms with Gasteiger partial charge in [-0.1, -0.05) is 65.7 Å². The number of benzene rings is 2. The van der Waals surface area contributed by atoms with E-state index in [1.54, 1.807) is 19.5 Å². The summed E-state index contributed by atoms with van der Waals surface area (Å²) in [7, 11) is 1.59. The van der Waals surface area contributed by atoms with Crippen LogP contribution in [0.3, 0.4) is 0 Å². The molecule has 0 bridgehead atoms. The second-order valence-electron chi connectivity index (χ2n) is 11.3. The summed E-state index contributed by atoms with van der Waals surface area (Å²) in [5, 5.41) is 19.4. The van der Waals surface area contributed by atoms with E-state index in [1.165, 1.54) is 4.40 Å². The van der Waals surface area contributed by atoms with Crippen LogP contribution in [-0.2, 0) is 17.9 Å². The predicted molar refractivity (Wildman–Crippen MR) is 184 cm³/mol. The second kappa shape index (κ2) is 14.6. The first kappa shape index (κ1) is 32.6. The van der Waals surface area contributed by atoms with Gasteiger partial charge in [-0.25, -0.2) is 9.97 Å². The molecule has 1 amide bonds. The molecule has 12 heteroatoms. The zero-order chi connectivity index (χ0) is 32.9. The Bertz CT molecular complexity index is 2000. The first-order chi connectivity index (χ1) is 22.9. The van der Waals surface area contributed by atoms with E-state index in [-0.39, 0.29) is 24.1 Å². The minimum atomic E-state index is -0.177. The number of aromatic nitrogens is 3. The maximum absolute atomic E-state index is 13.0. The Balaban J connectivity index is 1.26. The number of aliphatic hydroxyl groups excluding tert-OH is 1. The molecule has 5 aromatic rings. The highest BCUT2D eigenvalue weighted by Crippen LogP contribution is 2.42. The van der Waals surface area contributed by atoms with Gasteiger partial charge in [-0.15, -0.1) is 0 Å². The van der Waals surface area contributed by atoms with Crippen LogP contribution < -0.4 is 26.2 Å². The Kier molecular flexibility index (Phi) is 10.1. The van der Waals surface area contributed by atoms with Crippen molar-refractivity contribution in [3.63, 3.8) is 0 Å². The lowest BCUT2D eigenvalue weighted by atomic mass is 9.97. The van der Waals surface area contributed by atoms with Crippen molar-refractivity contribution >= 4 is 34.8 Å². The van der Waals surface area contributed by atoms with Crippen molar-refractivity contribution < 1.29 is 14.6 Å². The van der Waals surface area contributed by atoms with Crippen molar-refractivity contribution in [1.29, 1.82) is 0 Å². The molecule has 4 N–H and O–H groups in total. The number of aliphatic hydroxyl groups is 1. The van der Waals surface area contributed by atoms with Gasteiger partial charge in [-0.3, -0.25) is 14.0 Å². The Morgan fingerprint density at radius 3 is 2.40 bits per heavy atom. The fraction of sp³-hybridized carbons (Fsp3) is 0.257. The number of halogens is 2. The maximum atomic E-state index is 13.0. The number of nitrogens with zero attached hydrogens (tertiary/aromatic N) is 3. The third-order valence-corrected chi connectivity index (χ3v) is 9.00. The van der Waals surface area contributed by atoms with Gasteiger partial charge in [-0.2, -0.15) is 0 Å². The first-order valence-corrected chi connectivity index (χ1v) is 16.1. The first-order valence-electron chi connectivity index (χ1n) is 15.3.